The van der Waals surface area contributed by atoms with Crippen LogP contribution in [-0.4, -0.2) is 0 Å². The van der Waals surface area contributed by atoms with Crippen molar-refractivity contribution in [3.05, 3.63) is 47.0 Å². The van der Waals surface area contributed by atoms with Gasteiger partial charge in [-0.1, -0.05) is 35.9 Å². The van der Waals surface area contributed by atoms with Crippen molar-refractivity contribution in [3.8, 4) is 0 Å². The van der Waals surface area contributed by atoms with E-state index in [4.69, 9.17) is 11.6 Å². The van der Waals surface area contributed by atoms with Gasteiger partial charge in [-0.3, -0.25) is 0 Å². The van der Waals surface area contributed by atoms with Gasteiger partial charge in [0.2, 0.25) is 0 Å². The van der Waals surface area contributed by atoms with Crippen LogP contribution in [0.15, 0.2) is 36.4 Å². The van der Waals surface area contributed by atoms with E-state index in [1.54, 1.807) is 0 Å². The van der Waals surface area contributed by atoms with Gasteiger partial charge in [-0.25, -0.2) is 0 Å². The highest BCUT2D eigenvalue weighted by atomic mass is 35.5. The molecule has 68 valence electrons. The van der Waals surface area contributed by atoms with Gasteiger partial charge in [0.25, 0.3) is 0 Å². The molecule has 2 rings (SSSR count). The minimum absolute atomic E-state index is 0.255. The van der Waals surface area contributed by atoms with Gasteiger partial charge in [0.1, 0.15) is 0 Å². The number of hydrogen-bond donors (Lipinski definition) is 0. The lowest BCUT2D eigenvalue weighted by Gasteiger charge is -2.15. The highest BCUT2D eigenvalue weighted by Gasteiger charge is 2.44. The summed E-state index contributed by atoms with van der Waals surface area (Å²) in [6, 6.07) is 8.14. The van der Waals surface area contributed by atoms with Crippen LogP contribution in [0.1, 0.15) is 25.3 Å². The summed E-state index contributed by atoms with van der Waals surface area (Å²) < 4.78 is 0. The normalized spacial score (nSPS) is 18.3. The fourth-order valence-corrected chi connectivity index (χ4v) is 2.06. The zero-order chi connectivity index (χ0) is 9.47. The van der Waals surface area contributed by atoms with Crippen LogP contribution in [0.2, 0.25) is 5.02 Å². The first-order valence-corrected chi connectivity index (χ1v) is 4.95. The predicted molar refractivity (Wildman–Crippen MR) is 57.2 cm³/mol. The van der Waals surface area contributed by atoms with Crippen molar-refractivity contribution >= 4 is 11.6 Å². The minimum atomic E-state index is 0.255. The van der Waals surface area contributed by atoms with Gasteiger partial charge in [0, 0.05) is 10.4 Å². The summed E-state index contributed by atoms with van der Waals surface area (Å²) in [6.07, 6.45) is 2.45. The second-order valence-corrected chi connectivity index (χ2v) is 4.31. The van der Waals surface area contributed by atoms with Crippen LogP contribution in [0, 0.1) is 0 Å². The Labute approximate surface area is 84.2 Å². The third kappa shape index (κ3) is 1.40. The summed E-state index contributed by atoms with van der Waals surface area (Å²) in [5.41, 5.74) is 2.84. The maximum atomic E-state index is 5.95. The van der Waals surface area contributed by atoms with E-state index in [1.165, 1.54) is 24.0 Å². The van der Waals surface area contributed by atoms with Crippen LogP contribution >= 0.6 is 11.6 Å². The second-order valence-electron chi connectivity index (χ2n) is 3.87. The standard InChI is InChI=1S/C12H13Cl/c1-9(2)12(6-7-12)10-4-3-5-11(13)8-10/h3-5,8H,1,6-7H2,2H3. The summed E-state index contributed by atoms with van der Waals surface area (Å²) in [6.45, 7) is 6.16. The number of benzene rings is 1. The zero-order valence-electron chi connectivity index (χ0n) is 7.81. The van der Waals surface area contributed by atoms with Crippen LogP contribution in [0.4, 0.5) is 0 Å². The molecule has 0 bridgehead atoms. The second kappa shape index (κ2) is 2.88. The van der Waals surface area contributed by atoms with E-state index in [0.717, 1.165) is 5.02 Å². The van der Waals surface area contributed by atoms with Crippen LogP contribution in [0.5, 0.6) is 0 Å². The van der Waals surface area contributed by atoms with E-state index in [0.29, 0.717) is 0 Å². The van der Waals surface area contributed by atoms with Gasteiger partial charge in [-0.15, -0.1) is 0 Å². The Morgan fingerprint density at radius 2 is 2.15 bits per heavy atom. The minimum Gasteiger partial charge on any atom is -0.0992 e. The molecular weight excluding hydrogens is 180 g/mol. The van der Waals surface area contributed by atoms with E-state index in [9.17, 15) is 0 Å². The SMILES string of the molecule is C=C(C)C1(c2cccc(Cl)c2)CC1. The largest absolute Gasteiger partial charge is 0.0992 e. The first-order valence-electron chi connectivity index (χ1n) is 4.57. The van der Waals surface area contributed by atoms with Gasteiger partial charge in [-0.2, -0.15) is 0 Å². The third-order valence-electron chi connectivity index (χ3n) is 2.94. The maximum Gasteiger partial charge on any atom is 0.0409 e. The van der Waals surface area contributed by atoms with E-state index in [-0.39, 0.29) is 5.41 Å². The molecule has 0 heterocycles. The van der Waals surface area contributed by atoms with Gasteiger partial charge in [-0.05, 0) is 37.5 Å². The Balaban J connectivity index is 2.41. The molecule has 0 N–H and O–H groups in total. The van der Waals surface area contributed by atoms with Gasteiger partial charge >= 0.3 is 0 Å². The molecule has 1 aromatic rings. The average molecular weight is 193 g/mol. The van der Waals surface area contributed by atoms with E-state index < -0.39 is 0 Å². The van der Waals surface area contributed by atoms with Gasteiger partial charge in [0.15, 0.2) is 0 Å². The molecule has 1 aliphatic carbocycles. The molecule has 0 radical (unpaired) electrons. The Hall–Kier alpha value is -0.750. The van der Waals surface area contributed by atoms with Crippen molar-refractivity contribution < 1.29 is 0 Å². The molecule has 0 unspecified atom stereocenters. The summed E-state index contributed by atoms with van der Waals surface area (Å²) in [4.78, 5) is 0. The molecule has 1 saturated carbocycles. The predicted octanol–water partition coefficient (Wildman–Crippen LogP) is 3.95. The lowest BCUT2D eigenvalue weighted by atomic mass is 9.90. The molecular formula is C12H13Cl. The van der Waals surface area contributed by atoms with Crippen LogP contribution in [0.3, 0.4) is 0 Å². The van der Waals surface area contributed by atoms with Gasteiger partial charge < -0.3 is 0 Å². The molecule has 0 amide bonds. The first-order chi connectivity index (χ1) is 6.15. The Kier molecular flexibility index (Phi) is 1.96. The highest BCUT2D eigenvalue weighted by Crippen LogP contribution is 2.53. The Morgan fingerprint density at radius 3 is 2.62 bits per heavy atom. The lowest BCUT2D eigenvalue weighted by molar-refractivity contribution is 0.825. The average Bonchev–Trinajstić information content (AvgIpc) is 2.83. The molecule has 0 nitrogen and oxygen atoms in total. The van der Waals surface area contributed by atoms with E-state index in [1.807, 2.05) is 12.1 Å². The molecule has 0 saturated heterocycles. The molecule has 1 aliphatic rings. The van der Waals surface area contributed by atoms with E-state index >= 15 is 0 Å². The van der Waals surface area contributed by atoms with E-state index in [2.05, 4.69) is 25.6 Å². The summed E-state index contributed by atoms with van der Waals surface area (Å²) in [5.74, 6) is 0. The molecule has 1 heteroatoms. The number of halogens is 1. The van der Waals surface area contributed by atoms with Crippen molar-refractivity contribution in [2.45, 2.75) is 25.2 Å². The fraction of sp³-hybridized carbons (Fsp3) is 0.333. The molecule has 0 aliphatic heterocycles. The van der Waals surface area contributed by atoms with Crippen molar-refractivity contribution in [1.29, 1.82) is 0 Å². The monoisotopic (exact) mass is 192 g/mol. The number of allylic oxidation sites excluding steroid dienone is 1. The quantitative estimate of drug-likeness (QED) is 0.623. The van der Waals surface area contributed by atoms with Crippen molar-refractivity contribution in [1.82, 2.24) is 0 Å². The highest BCUT2D eigenvalue weighted by molar-refractivity contribution is 6.30. The van der Waals surface area contributed by atoms with Crippen LogP contribution < -0.4 is 0 Å². The number of rotatable bonds is 2. The zero-order valence-corrected chi connectivity index (χ0v) is 8.56. The molecule has 0 atom stereocenters. The lowest BCUT2D eigenvalue weighted by Crippen LogP contribution is -2.06. The van der Waals surface area contributed by atoms with Crippen LogP contribution in [-0.2, 0) is 5.41 Å². The Morgan fingerprint density at radius 1 is 1.46 bits per heavy atom. The first kappa shape index (κ1) is 8.83. The van der Waals surface area contributed by atoms with Gasteiger partial charge in [0.05, 0.1) is 0 Å². The molecule has 1 fully saturated rings. The molecule has 1 aromatic carbocycles. The number of hydrogen-bond acceptors (Lipinski definition) is 0. The summed E-state index contributed by atoms with van der Waals surface area (Å²) >= 11 is 5.95. The van der Waals surface area contributed by atoms with Crippen molar-refractivity contribution in [2.24, 2.45) is 0 Å². The Bertz CT molecular complexity index is 348. The molecule has 0 aromatic heterocycles. The third-order valence-corrected chi connectivity index (χ3v) is 3.18. The smallest absolute Gasteiger partial charge is 0.0409 e. The fourth-order valence-electron chi connectivity index (χ4n) is 1.87. The summed E-state index contributed by atoms with van der Waals surface area (Å²) in [5, 5.41) is 0.824. The van der Waals surface area contributed by atoms with Crippen molar-refractivity contribution in [2.75, 3.05) is 0 Å². The topological polar surface area (TPSA) is 0 Å². The van der Waals surface area contributed by atoms with Crippen LogP contribution in [0.25, 0.3) is 0 Å². The molecule has 13 heavy (non-hydrogen) atoms. The maximum absolute atomic E-state index is 5.95. The van der Waals surface area contributed by atoms with Crippen molar-refractivity contribution in [3.63, 3.8) is 0 Å². The molecule has 0 spiro atoms. The summed E-state index contributed by atoms with van der Waals surface area (Å²) in [7, 11) is 0.